The highest BCUT2D eigenvalue weighted by Gasteiger charge is 2.38. The third-order valence-electron chi connectivity index (χ3n) is 5.01. The van der Waals surface area contributed by atoms with Gasteiger partial charge in [0.05, 0.1) is 11.8 Å². The molecule has 0 bridgehead atoms. The van der Waals surface area contributed by atoms with Crippen LogP contribution < -0.4 is 0 Å². The Morgan fingerprint density at radius 2 is 2.04 bits per heavy atom. The zero-order valence-corrected chi connectivity index (χ0v) is 15.9. The molecule has 0 N–H and O–H groups in total. The van der Waals surface area contributed by atoms with Gasteiger partial charge in [-0.3, -0.25) is 4.79 Å². The monoisotopic (exact) mass is 370 g/mol. The van der Waals surface area contributed by atoms with Crippen LogP contribution in [0.25, 0.3) is 11.5 Å². The number of amides is 1. The van der Waals surface area contributed by atoms with E-state index in [9.17, 15) is 10.1 Å². The molecule has 6 nitrogen and oxygen atoms in total. The Morgan fingerprint density at radius 3 is 2.73 bits per heavy atom. The Hall–Kier alpha value is -2.33. The highest BCUT2D eigenvalue weighted by Crippen LogP contribution is 2.33. The summed E-state index contributed by atoms with van der Waals surface area (Å²) in [5.74, 6) is 0.538. The van der Waals surface area contributed by atoms with E-state index in [0.717, 1.165) is 43.2 Å². The second kappa shape index (κ2) is 7.92. The van der Waals surface area contributed by atoms with Crippen LogP contribution in [0.5, 0.6) is 0 Å². The fourth-order valence-electron chi connectivity index (χ4n) is 3.31. The second-order valence-electron chi connectivity index (χ2n) is 6.63. The van der Waals surface area contributed by atoms with Gasteiger partial charge in [-0.1, -0.05) is 49.2 Å². The van der Waals surface area contributed by atoms with E-state index >= 15 is 0 Å². The van der Waals surface area contributed by atoms with Crippen LogP contribution in [0.1, 0.15) is 37.7 Å². The van der Waals surface area contributed by atoms with Gasteiger partial charge in [0.15, 0.2) is 0 Å². The van der Waals surface area contributed by atoms with E-state index in [1.54, 1.807) is 11.9 Å². The molecule has 1 saturated carbocycles. The molecule has 2 aromatic rings. The van der Waals surface area contributed by atoms with Crippen molar-refractivity contribution in [3.05, 3.63) is 29.8 Å². The molecular formula is C19H22N4O2S. The quantitative estimate of drug-likeness (QED) is 0.744. The summed E-state index contributed by atoms with van der Waals surface area (Å²) in [6.45, 7) is 1.98. The molecule has 1 amide bonds. The summed E-state index contributed by atoms with van der Waals surface area (Å²) in [6, 6.07) is 10.2. The van der Waals surface area contributed by atoms with E-state index in [4.69, 9.17) is 4.42 Å². The van der Waals surface area contributed by atoms with Crippen LogP contribution in [0, 0.1) is 18.3 Å². The summed E-state index contributed by atoms with van der Waals surface area (Å²) in [6.07, 6.45) is 4.59. The zero-order valence-electron chi connectivity index (χ0n) is 15.1. The number of hydrogen-bond donors (Lipinski definition) is 0. The van der Waals surface area contributed by atoms with Crippen molar-refractivity contribution in [2.24, 2.45) is 0 Å². The van der Waals surface area contributed by atoms with E-state index in [-0.39, 0.29) is 11.7 Å². The first-order valence-electron chi connectivity index (χ1n) is 8.76. The Labute approximate surface area is 157 Å². The fourth-order valence-corrected chi connectivity index (χ4v) is 3.98. The number of nitriles is 1. The molecule has 1 fully saturated rings. The number of aryl methyl sites for hydroxylation is 1. The number of nitrogens with zero attached hydrogens (tertiary/aromatic N) is 4. The lowest BCUT2D eigenvalue weighted by Crippen LogP contribution is -2.50. The third-order valence-corrected chi connectivity index (χ3v) is 5.81. The molecule has 3 rings (SSSR count). The molecule has 1 aliphatic rings. The Bertz CT molecular complexity index is 821. The largest absolute Gasteiger partial charge is 0.411 e. The van der Waals surface area contributed by atoms with Crippen LogP contribution in [-0.4, -0.2) is 39.3 Å². The molecular weight excluding hydrogens is 348 g/mol. The number of carbonyl (C=O) groups is 1. The molecule has 136 valence electrons. The maximum Gasteiger partial charge on any atom is 0.277 e. The van der Waals surface area contributed by atoms with Crippen molar-refractivity contribution in [3.63, 3.8) is 0 Å². The lowest BCUT2D eigenvalue weighted by atomic mass is 9.81. The van der Waals surface area contributed by atoms with Crippen molar-refractivity contribution in [2.75, 3.05) is 12.8 Å². The first-order valence-corrected chi connectivity index (χ1v) is 9.74. The van der Waals surface area contributed by atoms with Gasteiger partial charge in [0, 0.05) is 12.6 Å². The molecule has 7 heteroatoms. The van der Waals surface area contributed by atoms with Crippen LogP contribution >= 0.6 is 11.8 Å². The first-order chi connectivity index (χ1) is 12.6. The van der Waals surface area contributed by atoms with Crippen molar-refractivity contribution in [2.45, 2.75) is 49.8 Å². The Kier molecular flexibility index (Phi) is 5.62. The van der Waals surface area contributed by atoms with E-state index in [1.807, 2.05) is 31.2 Å². The lowest BCUT2D eigenvalue weighted by molar-refractivity contribution is -0.131. The molecule has 1 aliphatic carbocycles. The Balaban J connectivity index is 1.63. The average molecular weight is 370 g/mol. The van der Waals surface area contributed by atoms with Gasteiger partial charge >= 0.3 is 0 Å². The third kappa shape index (κ3) is 3.75. The average Bonchev–Trinajstić information content (AvgIpc) is 3.15. The molecule has 0 saturated heterocycles. The fraction of sp³-hybridized carbons (Fsp3) is 0.474. The van der Waals surface area contributed by atoms with Crippen molar-refractivity contribution in [1.29, 1.82) is 5.26 Å². The van der Waals surface area contributed by atoms with Gasteiger partial charge in [-0.25, -0.2) is 0 Å². The second-order valence-corrected chi connectivity index (χ2v) is 7.56. The normalized spacial score (nSPS) is 16.0. The minimum absolute atomic E-state index is 0.0888. The van der Waals surface area contributed by atoms with E-state index < -0.39 is 5.54 Å². The maximum atomic E-state index is 12.6. The Morgan fingerprint density at radius 1 is 1.31 bits per heavy atom. The summed E-state index contributed by atoms with van der Waals surface area (Å²) < 4.78 is 5.68. The molecule has 26 heavy (non-hydrogen) atoms. The van der Waals surface area contributed by atoms with Crippen LogP contribution in [-0.2, 0) is 4.79 Å². The first kappa shape index (κ1) is 18.5. The molecule has 0 radical (unpaired) electrons. The van der Waals surface area contributed by atoms with Gasteiger partial charge in [-0.05, 0) is 31.4 Å². The van der Waals surface area contributed by atoms with Crippen molar-refractivity contribution < 1.29 is 9.21 Å². The van der Waals surface area contributed by atoms with Crippen molar-refractivity contribution >= 4 is 17.7 Å². The van der Waals surface area contributed by atoms with Gasteiger partial charge < -0.3 is 9.32 Å². The van der Waals surface area contributed by atoms with Crippen LogP contribution in [0.15, 0.2) is 33.9 Å². The smallest absolute Gasteiger partial charge is 0.277 e. The SMILES string of the molecule is Cc1ccccc1-c1nnc(SCC(=O)N(C)C2(C#N)CCCCC2)o1. The van der Waals surface area contributed by atoms with Crippen molar-refractivity contribution in [1.82, 2.24) is 15.1 Å². The summed E-state index contributed by atoms with van der Waals surface area (Å²) in [7, 11) is 1.73. The van der Waals surface area contributed by atoms with E-state index in [1.165, 1.54) is 11.8 Å². The summed E-state index contributed by atoms with van der Waals surface area (Å²) in [4.78, 5) is 14.2. The molecule has 1 aromatic carbocycles. The molecule has 0 atom stereocenters. The number of aromatic nitrogens is 2. The number of hydrogen-bond acceptors (Lipinski definition) is 6. The predicted molar refractivity (Wildman–Crippen MR) is 99.4 cm³/mol. The zero-order chi connectivity index (χ0) is 18.6. The van der Waals surface area contributed by atoms with Gasteiger partial charge in [0.2, 0.25) is 11.8 Å². The number of carbonyl (C=O) groups excluding carboxylic acids is 1. The van der Waals surface area contributed by atoms with Gasteiger partial charge in [-0.2, -0.15) is 5.26 Å². The van der Waals surface area contributed by atoms with Crippen LogP contribution in [0.4, 0.5) is 0 Å². The van der Waals surface area contributed by atoms with Gasteiger partial charge in [0.1, 0.15) is 5.54 Å². The van der Waals surface area contributed by atoms with E-state index in [0.29, 0.717) is 11.1 Å². The topological polar surface area (TPSA) is 83.0 Å². The van der Waals surface area contributed by atoms with E-state index in [2.05, 4.69) is 16.3 Å². The highest BCUT2D eigenvalue weighted by atomic mass is 32.2. The summed E-state index contributed by atoms with van der Waals surface area (Å²) in [5, 5.41) is 18.1. The van der Waals surface area contributed by atoms with Crippen LogP contribution in [0.3, 0.4) is 0 Å². The number of benzene rings is 1. The van der Waals surface area contributed by atoms with Gasteiger partial charge in [-0.15, -0.1) is 10.2 Å². The standard InChI is InChI=1S/C19H22N4O2S/c1-14-8-4-5-9-15(14)17-21-22-18(25-17)26-12-16(24)23(2)19(13-20)10-6-3-7-11-19/h4-5,8-9H,3,6-7,10-12H2,1-2H3. The minimum atomic E-state index is -0.670. The molecule has 0 spiro atoms. The van der Waals surface area contributed by atoms with Gasteiger partial charge in [0.25, 0.3) is 5.22 Å². The molecule has 0 aliphatic heterocycles. The predicted octanol–water partition coefficient (Wildman–Crippen LogP) is 3.82. The minimum Gasteiger partial charge on any atom is -0.411 e. The number of rotatable bonds is 5. The molecule has 1 aromatic heterocycles. The molecule has 1 heterocycles. The lowest BCUT2D eigenvalue weighted by Gasteiger charge is -2.38. The van der Waals surface area contributed by atoms with Crippen molar-refractivity contribution in [3.8, 4) is 17.5 Å². The highest BCUT2D eigenvalue weighted by molar-refractivity contribution is 7.99. The molecule has 0 unspecified atom stereocenters. The van der Waals surface area contributed by atoms with Crippen LogP contribution in [0.2, 0.25) is 0 Å². The summed E-state index contributed by atoms with van der Waals surface area (Å²) in [5.41, 5.74) is 1.27. The maximum absolute atomic E-state index is 12.6. The summed E-state index contributed by atoms with van der Waals surface area (Å²) >= 11 is 1.21. The number of thioether (sulfide) groups is 1.